The van der Waals surface area contributed by atoms with Crippen LogP contribution in [0.5, 0.6) is 0 Å². The highest BCUT2D eigenvalue weighted by Crippen LogP contribution is 1.94. The molecule has 0 aromatic carbocycles. The molecule has 0 atom stereocenters. The van der Waals surface area contributed by atoms with Crippen molar-refractivity contribution >= 4 is 9.84 Å². The lowest BCUT2D eigenvalue weighted by Crippen LogP contribution is -2.08. The first-order valence-corrected chi connectivity index (χ1v) is 5.40. The Morgan fingerprint density at radius 2 is 2.09 bits per heavy atom. The van der Waals surface area contributed by atoms with Gasteiger partial charge >= 0.3 is 0 Å². The van der Waals surface area contributed by atoms with E-state index in [0.29, 0.717) is 6.54 Å². The summed E-state index contributed by atoms with van der Waals surface area (Å²) in [4.78, 5) is 0. The Bertz CT molecular complexity index is 229. The minimum Gasteiger partial charge on any atom is -0.327 e. The summed E-state index contributed by atoms with van der Waals surface area (Å²) in [5.74, 6) is 0.313. The SMILES string of the molecule is CCS(=O)(=O)C/C=C(/C)CN. The van der Waals surface area contributed by atoms with E-state index >= 15 is 0 Å². The van der Waals surface area contributed by atoms with Gasteiger partial charge in [0.2, 0.25) is 0 Å². The second kappa shape index (κ2) is 4.51. The van der Waals surface area contributed by atoms with Gasteiger partial charge in [0.05, 0.1) is 5.75 Å². The molecule has 0 heterocycles. The van der Waals surface area contributed by atoms with E-state index in [0.717, 1.165) is 5.57 Å². The summed E-state index contributed by atoms with van der Waals surface area (Å²) >= 11 is 0. The third-order valence-electron chi connectivity index (χ3n) is 1.45. The van der Waals surface area contributed by atoms with Crippen LogP contribution in [0.25, 0.3) is 0 Å². The van der Waals surface area contributed by atoms with Crippen molar-refractivity contribution in [1.82, 2.24) is 0 Å². The first kappa shape index (κ1) is 10.7. The molecule has 2 N–H and O–H groups in total. The summed E-state index contributed by atoms with van der Waals surface area (Å²) in [7, 11) is -2.86. The first-order valence-electron chi connectivity index (χ1n) is 3.58. The van der Waals surface area contributed by atoms with Crippen LogP contribution in [0.1, 0.15) is 13.8 Å². The summed E-state index contributed by atoms with van der Waals surface area (Å²) in [5, 5.41) is 0. The van der Waals surface area contributed by atoms with Gasteiger partial charge in [-0.05, 0) is 6.92 Å². The minimum absolute atomic E-state index is 0.118. The predicted molar refractivity (Wildman–Crippen MR) is 47.1 cm³/mol. The smallest absolute Gasteiger partial charge is 0.153 e. The van der Waals surface area contributed by atoms with Crippen LogP contribution in [0.4, 0.5) is 0 Å². The van der Waals surface area contributed by atoms with Gasteiger partial charge in [-0.2, -0.15) is 0 Å². The molecular weight excluding hydrogens is 162 g/mol. The molecule has 0 rings (SSSR count). The lowest BCUT2D eigenvalue weighted by molar-refractivity contribution is 0.600. The molecule has 11 heavy (non-hydrogen) atoms. The summed E-state index contributed by atoms with van der Waals surface area (Å²) in [5.41, 5.74) is 6.20. The molecule has 0 aromatic rings. The Labute approximate surface area is 68.2 Å². The molecule has 4 heteroatoms. The Morgan fingerprint density at radius 1 is 1.55 bits per heavy atom. The first-order chi connectivity index (χ1) is 5.02. The van der Waals surface area contributed by atoms with Crippen molar-refractivity contribution < 1.29 is 8.42 Å². The van der Waals surface area contributed by atoms with Gasteiger partial charge in [0.25, 0.3) is 0 Å². The minimum atomic E-state index is -2.86. The van der Waals surface area contributed by atoms with E-state index in [2.05, 4.69) is 0 Å². The van der Waals surface area contributed by atoms with E-state index in [1.54, 1.807) is 13.0 Å². The highest BCUT2D eigenvalue weighted by atomic mass is 32.2. The zero-order chi connectivity index (χ0) is 8.91. The molecule has 66 valence electrons. The molecule has 0 spiro atoms. The lowest BCUT2D eigenvalue weighted by Gasteiger charge is -1.96. The van der Waals surface area contributed by atoms with Gasteiger partial charge < -0.3 is 5.73 Å². The number of rotatable bonds is 4. The van der Waals surface area contributed by atoms with Gasteiger partial charge in [-0.3, -0.25) is 0 Å². The average Bonchev–Trinajstić information content (AvgIpc) is 2.00. The van der Waals surface area contributed by atoms with Crippen LogP contribution in [0.2, 0.25) is 0 Å². The molecule has 0 aromatic heterocycles. The number of sulfone groups is 1. The maximum atomic E-state index is 10.9. The van der Waals surface area contributed by atoms with Crippen molar-refractivity contribution in [2.45, 2.75) is 13.8 Å². The van der Waals surface area contributed by atoms with Crippen molar-refractivity contribution in [2.24, 2.45) is 5.73 Å². The molecule has 0 saturated heterocycles. The van der Waals surface area contributed by atoms with Gasteiger partial charge in [-0.1, -0.05) is 18.6 Å². The maximum Gasteiger partial charge on any atom is 0.153 e. The zero-order valence-electron chi connectivity index (χ0n) is 7.00. The van der Waals surface area contributed by atoms with Gasteiger partial charge in [-0.25, -0.2) is 8.42 Å². The third-order valence-corrected chi connectivity index (χ3v) is 3.00. The van der Waals surface area contributed by atoms with Crippen LogP contribution in [0, 0.1) is 0 Å². The van der Waals surface area contributed by atoms with Gasteiger partial charge in [0.15, 0.2) is 9.84 Å². The maximum absolute atomic E-state index is 10.9. The Morgan fingerprint density at radius 3 is 2.45 bits per heavy atom. The largest absolute Gasteiger partial charge is 0.327 e. The molecule has 3 nitrogen and oxygen atoms in total. The Balaban J connectivity index is 4.08. The highest BCUT2D eigenvalue weighted by Gasteiger charge is 2.03. The normalized spacial score (nSPS) is 13.5. The number of hydrogen-bond acceptors (Lipinski definition) is 3. The second-order valence-corrected chi connectivity index (χ2v) is 4.85. The van der Waals surface area contributed by atoms with E-state index in [1.807, 2.05) is 6.92 Å². The molecule has 0 aliphatic carbocycles. The molecule has 0 radical (unpaired) electrons. The topological polar surface area (TPSA) is 60.2 Å². The van der Waals surface area contributed by atoms with Crippen molar-refractivity contribution in [3.05, 3.63) is 11.6 Å². The summed E-state index contributed by atoms with van der Waals surface area (Å²) < 4.78 is 21.9. The van der Waals surface area contributed by atoms with Gasteiger partial charge in [0.1, 0.15) is 0 Å². The molecule has 0 fully saturated rings. The molecule has 0 amide bonds. The fourth-order valence-corrected chi connectivity index (χ4v) is 1.24. The van der Waals surface area contributed by atoms with Crippen LogP contribution < -0.4 is 5.73 Å². The molecule has 0 aliphatic heterocycles. The van der Waals surface area contributed by atoms with E-state index in [-0.39, 0.29) is 11.5 Å². The van der Waals surface area contributed by atoms with Crippen molar-refractivity contribution in [3.63, 3.8) is 0 Å². The highest BCUT2D eigenvalue weighted by molar-refractivity contribution is 7.91. The predicted octanol–water partition coefficient (Wildman–Crippen LogP) is 0.326. The summed E-state index contributed by atoms with van der Waals surface area (Å²) in [6.07, 6.45) is 1.67. The number of hydrogen-bond donors (Lipinski definition) is 1. The van der Waals surface area contributed by atoms with Crippen molar-refractivity contribution in [1.29, 1.82) is 0 Å². The van der Waals surface area contributed by atoms with E-state index in [4.69, 9.17) is 5.73 Å². The van der Waals surface area contributed by atoms with E-state index < -0.39 is 9.84 Å². The van der Waals surface area contributed by atoms with E-state index in [1.165, 1.54) is 0 Å². The standard InChI is InChI=1S/C7H15NO2S/c1-3-11(9,10)5-4-7(2)6-8/h4H,3,5-6,8H2,1-2H3/b7-4-. The molecular formula is C7H15NO2S. The quantitative estimate of drug-likeness (QED) is 0.629. The van der Waals surface area contributed by atoms with Gasteiger partial charge in [-0.15, -0.1) is 0 Å². The Kier molecular flexibility index (Phi) is 4.37. The third kappa shape index (κ3) is 4.98. The van der Waals surface area contributed by atoms with Crippen LogP contribution in [0.15, 0.2) is 11.6 Å². The fraction of sp³-hybridized carbons (Fsp3) is 0.714. The average molecular weight is 177 g/mol. The van der Waals surface area contributed by atoms with Crippen LogP contribution >= 0.6 is 0 Å². The summed E-state index contributed by atoms with van der Waals surface area (Å²) in [6, 6.07) is 0. The number of nitrogens with two attached hydrogens (primary N) is 1. The molecule has 0 saturated carbocycles. The zero-order valence-corrected chi connectivity index (χ0v) is 7.82. The molecule has 0 unspecified atom stereocenters. The van der Waals surface area contributed by atoms with E-state index in [9.17, 15) is 8.42 Å². The van der Waals surface area contributed by atoms with Crippen LogP contribution in [-0.4, -0.2) is 26.5 Å². The lowest BCUT2D eigenvalue weighted by atomic mass is 10.3. The second-order valence-electron chi connectivity index (χ2n) is 2.45. The van der Waals surface area contributed by atoms with Crippen molar-refractivity contribution in [3.8, 4) is 0 Å². The van der Waals surface area contributed by atoms with Crippen LogP contribution in [0.3, 0.4) is 0 Å². The summed E-state index contributed by atoms with van der Waals surface area (Å²) in [6.45, 7) is 3.89. The molecule has 0 aliphatic rings. The van der Waals surface area contributed by atoms with Crippen LogP contribution in [-0.2, 0) is 9.84 Å². The van der Waals surface area contributed by atoms with Crippen molar-refractivity contribution in [2.75, 3.05) is 18.1 Å². The Hall–Kier alpha value is -0.350. The van der Waals surface area contributed by atoms with Gasteiger partial charge in [0, 0.05) is 12.3 Å². The monoisotopic (exact) mass is 177 g/mol. The fourth-order valence-electron chi connectivity index (χ4n) is 0.470. The molecule has 0 bridgehead atoms.